The Hall–Kier alpha value is -2.14. The fourth-order valence-electron chi connectivity index (χ4n) is 2.36. The average molecular weight is 363 g/mol. The smallest absolute Gasteiger partial charge is 0.310 e. The minimum Gasteiger partial charge on any atom is -0.494 e. The molecule has 0 bridgehead atoms. The van der Waals surface area contributed by atoms with Crippen molar-refractivity contribution in [3.63, 3.8) is 0 Å². The standard InChI is InChI=1S/C19H23ClN2O3/c1-4-10-25-15-8-6-14(7-9-15)11-17-21-13(3)16(19(20)22-17)12-18(23)24-5-2/h6-9H,4-5,10-12H2,1-3H3. The van der Waals surface area contributed by atoms with Crippen LogP contribution in [0, 0.1) is 6.92 Å². The first-order valence-electron chi connectivity index (χ1n) is 8.42. The van der Waals surface area contributed by atoms with E-state index in [0.717, 1.165) is 17.7 Å². The van der Waals surface area contributed by atoms with E-state index in [9.17, 15) is 4.79 Å². The van der Waals surface area contributed by atoms with Crippen molar-refractivity contribution in [1.82, 2.24) is 9.97 Å². The van der Waals surface area contributed by atoms with Gasteiger partial charge < -0.3 is 9.47 Å². The lowest BCUT2D eigenvalue weighted by atomic mass is 10.1. The SMILES string of the molecule is CCCOc1ccc(Cc2nc(C)c(CC(=O)OCC)c(Cl)n2)cc1. The van der Waals surface area contributed by atoms with E-state index in [2.05, 4.69) is 16.9 Å². The van der Waals surface area contributed by atoms with Gasteiger partial charge in [-0.2, -0.15) is 0 Å². The molecule has 0 spiro atoms. The molecule has 1 aromatic heterocycles. The zero-order chi connectivity index (χ0) is 18.2. The Balaban J connectivity index is 2.09. The van der Waals surface area contributed by atoms with Gasteiger partial charge >= 0.3 is 5.97 Å². The van der Waals surface area contributed by atoms with E-state index >= 15 is 0 Å². The Labute approximate surface area is 153 Å². The number of hydrogen-bond acceptors (Lipinski definition) is 5. The van der Waals surface area contributed by atoms with Crippen LogP contribution in [0.5, 0.6) is 5.75 Å². The summed E-state index contributed by atoms with van der Waals surface area (Å²) in [7, 11) is 0. The third kappa shape index (κ3) is 5.71. The zero-order valence-corrected chi connectivity index (χ0v) is 15.6. The molecule has 0 aliphatic rings. The molecule has 6 heteroatoms. The largest absolute Gasteiger partial charge is 0.494 e. The van der Waals surface area contributed by atoms with Gasteiger partial charge in [-0.25, -0.2) is 9.97 Å². The summed E-state index contributed by atoms with van der Waals surface area (Å²) in [6, 6.07) is 7.86. The van der Waals surface area contributed by atoms with Crippen LogP contribution in [0.15, 0.2) is 24.3 Å². The molecule has 0 amide bonds. The second-order valence-corrected chi connectivity index (χ2v) is 6.00. The highest BCUT2D eigenvalue weighted by atomic mass is 35.5. The summed E-state index contributed by atoms with van der Waals surface area (Å²) in [6.07, 6.45) is 1.63. The molecule has 0 aliphatic carbocycles. The number of aryl methyl sites for hydroxylation is 1. The lowest BCUT2D eigenvalue weighted by Gasteiger charge is -2.10. The Bertz CT molecular complexity index is 694. The number of carbonyl (C=O) groups excluding carboxylic acids is 1. The molecule has 0 N–H and O–H groups in total. The summed E-state index contributed by atoms with van der Waals surface area (Å²) >= 11 is 6.25. The van der Waals surface area contributed by atoms with Crippen molar-refractivity contribution in [2.45, 2.75) is 40.0 Å². The Morgan fingerprint density at radius 2 is 1.88 bits per heavy atom. The van der Waals surface area contributed by atoms with Crippen molar-refractivity contribution in [3.8, 4) is 5.75 Å². The molecule has 0 atom stereocenters. The van der Waals surface area contributed by atoms with Crippen LogP contribution in [-0.4, -0.2) is 29.2 Å². The summed E-state index contributed by atoms with van der Waals surface area (Å²) in [5, 5.41) is 0.304. The molecule has 0 unspecified atom stereocenters. The first-order chi connectivity index (χ1) is 12.0. The second-order valence-electron chi connectivity index (χ2n) is 5.65. The van der Waals surface area contributed by atoms with Gasteiger partial charge in [0.05, 0.1) is 19.6 Å². The molecule has 0 saturated carbocycles. The van der Waals surface area contributed by atoms with Crippen LogP contribution in [-0.2, 0) is 22.4 Å². The van der Waals surface area contributed by atoms with Gasteiger partial charge in [-0.3, -0.25) is 4.79 Å². The highest BCUT2D eigenvalue weighted by molar-refractivity contribution is 6.30. The van der Waals surface area contributed by atoms with E-state index in [-0.39, 0.29) is 12.4 Å². The molecule has 1 aromatic carbocycles. The lowest BCUT2D eigenvalue weighted by molar-refractivity contribution is -0.142. The minimum absolute atomic E-state index is 0.0856. The number of halogens is 1. The summed E-state index contributed by atoms with van der Waals surface area (Å²) in [4.78, 5) is 20.5. The Kier molecular flexibility index (Phi) is 7.19. The first kappa shape index (κ1) is 19.2. The average Bonchev–Trinajstić information content (AvgIpc) is 2.58. The molecule has 25 heavy (non-hydrogen) atoms. The lowest BCUT2D eigenvalue weighted by Crippen LogP contribution is -2.12. The van der Waals surface area contributed by atoms with Crippen molar-refractivity contribution in [2.24, 2.45) is 0 Å². The highest BCUT2D eigenvalue weighted by Crippen LogP contribution is 2.20. The van der Waals surface area contributed by atoms with E-state index in [4.69, 9.17) is 21.1 Å². The summed E-state index contributed by atoms with van der Waals surface area (Å²) in [5.41, 5.74) is 2.38. The maximum atomic E-state index is 11.7. The molecule has 2 aromatic rings. The van der Waals surface area contributed by atoms with Gasteiger partial charge in [0, 0.05) is 17.7 Å². The molecular weight excluding hydrogens is 340 g/mol. The summed E-state index contributed by atoms with van der Waals surface area (Å²) in [6.45, 7) is 6.72. The number of benzene rings is 1. The Morgan fingerprint density at radius 1 is 1.16 bits per heavy atom. The van der Waals surface area contributed by atoms with Crippen molar-refractivity contribution in [3.05, 3.63) is 52.1 Å². The normalized spacial score (nSPS) is 10.6. The predicted molar refractivity (Wildman–Crippen MR) is 97.2 cm³/mol. The van der Waals surface area contributed by atoms with E-state index in [0.29, 0.717) is 41.9 Å². The molecule has 0 fully saturated rings. The van der Waals surface area contributed by atoms with E-state index < -0.39 is 0 Å². The molecular formula is C19H23ClN2O3. The molecule has 0 radical (unpaired) electrons. The van der Waals surface area contributed by atoms with Crippen molar-refractivity contribution in [2.75, 3.05) is 13.2 Å². The van der Waals surface area contributed by atoms with Crippen LogP contribution in [0.3, 0.4) is 0 Å². The van der Waals surface area contributed by atoms with Gasteiger partial charge in [0.2, 0.25) is 0 Å². The van der Waals surface area contributed by atoms with Gasteiger partial charge in [-0.1, -0.05) is 30.7 Å². The maximum Gasteiger partial charge on any atom is 0.310 e. The van der Waals surface area contributed by atoms with Crippen LogP contribution < -0.4 is 4.74 Å². The number of hydrogen-bond donors (Lipinski definition) is 0. The molecule has 0 aliphatic heterocycles. The minimum atomic E-state index is -0.327. The molecule has 5 nitrogen and oxygen atoms in total. The quantitative estimate of drug-likeness (QED) is 0.526. The highest BCUT2D eigenvalue weighted by Gasteiger charge is 2.15. The van der Waals surface area contributed by atoms with Crippen LogP contribution >= 0.6 is 11.6 Å². The predicted octanol–water partition coefficient (Wildman–Crippen LogP) is 3.92. The van der Waals surface area contributed by atoms with E-state index in [1.165, 1.54) is 0 Å². The van der Waals surface area contributed by atoms with Gasteiger partial charge in [0.15, 0.2) is 0 Å². The van der Waals surface area contributed by atoms with Gasteiger partial charge in [-0.05, 0) is 38.0 Å². The molecule has 134 valence electrons. The fourth-order valence-corrected chi connectivity index (χ4v) is 2.66. The topological polar surface area (TPSA) is 61.3 Å². The molecule has 0 saturated heterocycles. The van der Waals surface area contributed by atoms with Crippen LogP contribution in [0.2, 0.25) is 5.15 Å². The number of ether oxygens (including phenoxy) is 2. The van der Waals surface area contributed by atoms with Gasteiger partial charge in [0.25, 0.3) is 0 Å². The Morgan fingerprint density at radius 3 is 2.48 bits per heavy atom. The number of nitrogens with zero attached hydrogens (tertiary/aromatic N) is 2. The third-order valence-electron chi connectivity index (χ3n) is 3.59. The zero-order valence-electron chi connectivity index (χ0n) is 14.8. The maximum absolute atomic E-state index is 11.7. The summed E-state index contributed by atoms with van der Waals surface area (Å²) in [5.74, 6) is 1.15. The fraction of sp³-hybridized carbons (Fsp3) is 0.421. The molecule has 2 rings (SSSR count). The number of carbonyl (C=O) groups is 1. The van der Waals surface area contributed by atoms with E-state index in [1.807, 2.05) is 31.2 Å². The van der Waals surface area contributed by atoms with Gasteiger partial charge in [0.1, 0.15) is 16.7 Å². The van der Waals surface area contributed by atoms with Crippen molar-refractivity contribution >= 4 is 17.6 Å². The number of rotatable bonds is 8. The van der Waals surface area contributed by atoms with E-state index in [1.54, 1.807) is 6.92 Å². The van der Waals surface area contributed by atoms with Crippen LogP contribution in [0.4, 0.5) is 0 Å². The molecule has 1 heterocycles. The third-order valence-corrected chi connectivity index (χ3v) is 3.91. The van der Waals surface area contributed by atoms with Crippen LogP contribution in [0.1, 0.15) is 42.9 Å². The number of aromatic nitrogens is 2. The second kappa shape index (κ2) is 9.37. The van der Waals surface area contributed by atoms with Crippen molar-refractivity contribution in [1.29, 1.82) is 0 Å². The monoisotopic (exact) mass is 362 g/mol. The van der Waals surface area contributed by atoms with Gasteiger partial charge in [-0.15, -0.1) is 0 Å². The number of esters is 1. The van der Waals surface area contributed by atoms with Crippen molar-refractivity contribution < 1.29 is 14.3 Å². The first-order valence-corrected chi connectivity index (χ1v) is 8.80. The summed E-state index contributed by atoms with van der Waals surface area (Å²) < 4.78 is 10.5. The van der Waals surface area contributed by atoms with Crippen LogP contribution in [0.25, 0.3) is 0 Å².